The van der Waals surface area contributed by atoms with E-state index >= 15 is 0 Å². The molecule has 4 nitrogen and oxygen atoms in total. The van der Waals surface area contributed by atoms with Crippen molar-refractivity contribution in [1.29, 1.82) is 5.26 Å². The van der Waals surface area contributed by atoms with Crippen LogP contribution in [-0.2, 0) is 10.5 Å². The van der Waals surface area contributed by atoms with Crippen molar-refractivity contribution in [1.82, 2.24) is 4.98 Å². The lowest BCUT2D eigenvalue weighted by molar-refractivity contribution is -0.136. The lowest BCUT2D eigenvalue weighted by Crippen LogP contribution is -2.06. The quantitative estimate of drug-likeness (QED) is 0.846. The number of carboxylic acids is 1. The smallest absolute Gasteiger partial charge is 0.304 e. The summed E-state index contributed by atoms with van der Waals surface area (Å²) in [6.45, 7) is 1.86. The number of nitrogens with zero attached hydrogens (tertiary/aromatic N) is 2. The second kappa shape index (κ2) is 6.13. The lowest BCUT2D eigenvalue weighted by Gasteiger charge is -2.08. The monoisotopic (exact) mass is 236 g/mol. The fourth-order valence-electron chi connectivity index (χ4n) is 1.19. The third kappa shape index (κ3) is 3.91. The van der Waals surface area contributed by atoms with Crippen molar-refractivity contribution in [2.45, 2.75) is 24.3 Å². The lowest BCUT2D eigenvalue weighted by atomic mass is 10.2. The average Bonchev–Trinajstić information content (AvgIpc) is 2.26. The van der Waals surface area contributed by atoms with E-state index in [0.29, 0.717) is 11.4 Å². The summed E-state index contributed by atoms with van der Waals surface area (Å²) in [6, 6.07) is 5.64. The molecule has 0 aliphatic heterocycles. The van der Waals surface area contributed by atoms with Crippen molar-refractivity contribution < 1.29 is 9.90 Å². The first kappa shape index (κ1) is 12.5. The van der Waals surface area contributed by atoms with Crippen LogP contribution in [-0.4, -0.2) is 21.3 Å². The van der Waals surface area contributed by atoms with Crippen LogP contribution >= 0.6 is 11.8 Å². The molecule has 1 unspecified atom stereocenters. The van der Waals surface area contributed by atoms with Gasteiger partial charge in [0.05, 0.1) is 6.42 Å². The van der Waals surface area contributed by atoms with Crippen LogP contribution in [0.5, 0.6) is 0 Å². The van der Waals surface area contributed by atoms with Gasteiger partial charge in [-0.3, -0.25) is 4.79 Å². The minimum absolute atomic E-state index is 0.0317. The number of thioether (sulfide) groups is 1. The van der Waals surface area contributed by atoms with Crippen LogP contribution in [0.25, 0.3) is 0 Å². The summed E-state index contributed by atoms with van der Waals surface area (Å²) in [4.78, 5) is 14.4. The van der Waals surface area contributed by atoms with E-state index in [4.69, 9.17) is 10.4 Å². The molecule has 1 rings (SSSR count). The molecule has 0 radical (unpaired) electrons. The first-order chi connectivity index (χ1) is 7.63. The van der Waals surface area contributed by atoms with Crippen molar-refractivity contribution >= 4 is 17.7 Å². The van der Waals surface area contributed by atoms with Gasteiger partial charge in [0.2, 0.25) is 0 Å². The van der Waals surface area contributed by atoms with Crippen molar-refractivity contribution in [3.63, 3.8) is 0 Å². The Hall–Kier alpha value is -1.54. The van der Waals surface area contributed by atoms with Crippen molar-refractivity contribution in [3.8, 4) is 6.07 Å². The van der Waals surface area contributed by atoms with Crippen LogP contribution in [0.4, 0.5) is 0 Å². The number of carboxylic acid groups (broad SMARTS) is 1. The molecule has 0 bridgehead atoms. The van der Waals surface area contributed by atoms with E-state index in [2.05, 4.69) is 4.98 Å². The maximum atomic E-state index is 10.5. The van der Waals surface area contributed by atoms with Gasteiger partial charge in [0, 0.05) is 17.2 Å². The zero-order chi connectivity index (χ0) is 12.0. The summed E-state index contributed by atoms with van der Waals surface area (Å²) >= 11 is 1.52. The maximum Gasteiger partial charge on any atom is 0.304 e. The average molecular weight is 236 g/mol. The molecule has 0 saturated carbocycles. The zero-order valence-corrected chi connectivity index (χ0v) is 9.70. The summed E-state index contributed by atoms with van der Waals surface area (Å²) in [6.07, 6.45) is 1.71. The van der Waals surface area contributed by atoms with Gasteiger partial charge in [0.1, 0.15) is 11.8 Å². The molecule has 0 aliphatic rings. The van der Waals surface area contributed by atoms with Gasteiger partial charge in [0.15, 0.2) is 0 Å². The minimum atomic E-state index is -0.799. The zero-order valence-electron chi connectivity index (χ0n) is 8.88. The Morgan fingerprint density at radius 2 is 2.50 bits per heavy atom. The number of aromatic nitrogens is 1. The summed E-state index contributed by atoms with van der Waals surface area (Å²) in [5, 5.41) is 17.4. The summed E-state index contributed by atoms with van der Waals surface area (Å²) in [7, 11) is 0. The van der Waals surface area contributed by atoms with Gasteiger partial charge in [-0.1, -0.05) is 13.0 Å². The fourth-order valence-corrected chi connectivity index (χ4v) is 2.15. The Kier molecular flexibility index (Phi) is 4.80. The Bertz CT molecular complexity index is 415. The molecule has 84 valence electrons. The van der Waals surface area contributed by atoms with Gasteiger partial charge in [-0.25, -0.2) is 4.98 Å². The molecule has 0 amide bonds. The minimum Gasteiger partial charge on any atom is -0.481 e. The van der Waals surface area contributed by atoms with E-state index in [9.17, 15) is 4.79 Å². The third-order valence-electron chi connectivity index (χ3n) is 1.98. The van der Waals surface area contributed by atoms with E-state index in [1.165, 1.54) is 11.8 Å². The standard InChI is InChI=1S/C11H12N2O2S/c1-8(5-11(14)15)16-7-9-3-2-4-13-10(9)6-12/h2-4,8H,5,7H2,1H3,(H,14,15). The Balaban J connectivity index is 2.55. The van der Waals surface area contributed by atoms with Gasteiger partial charge in [0.25, 0.3) is 0 Å². The molecule has 1 aromatic rings. The van der Waals surface area contributed by atoms with Gasteiger partial charge in [-0.05, 0) is 11.6 Å². The second-order valence-electron chi connectivity index (χ2n) is 3.34. The summed E-state index contributed by atoms with van der Waals surface area (Å²) in [5.74, 6) is -0.183. The molecular weight excluding hydrogens is 224 g/mol. The highest BCUT2D eigenvalue weighted by atomic mass is 32.2. The van der Waals surface area contributed by atoms with Crippen molar-refractivity contribution in [3.05, 3.63) is 29.6 Å². The van der Waals surface area contributed by atoms with Crippen LogP contribution < -0.4 is 0 Å². The molecule has 1 N–H and O–H groups in total. The number of nitriles is 1. The number of rotatable bonds is 5. The van der Waals surface area contributed by atoms with Crippen LogP contribution in [0.15, 0.2) is 18.3 Å². The first-order valence-electron chi connectivity index (χ1n) is 4.81. The van der Waals surface area contributed by atoms with Crippen LogP contribution in [0.1, 0.15) is 24.6 Å². The number of aliphatic carboxylic acids is 1. The molecule has 0 fully saturated rings. The van der Waals surface area contributed by atoms with Crippen LogP contribution in [0.3, 0.4) is 0 Å². The van der Waals surface area contributed by atoms with Gasteiger partial charge < -0.3 is 5.11 Å². The van der Waals surface area contributed by atoms with Gasteiger partial charge >= 0.3 is 5.97 Å². The number of hydrogen-bond donors (Lipinski definition) is 1. The number of pyridine rings is 1. The summed E-state index contributed by atoms with van der Waals surface area (Å²) < 4.78 is 0. The first-order valence-corrected chi connectivity index (χ1v) is 5.85. The molecule has 5 heteroatoms. The molecule has 0 aliphatic carbocycles. The van der Waals surface area contributed by atoms with E-state index in [0.717, 1.165) is 5.56 Å². The highest BCUT2D eigenvalue weighted by Crippen LogP contribution is 2.21. The van der Waals surface area contributed by atoms with E-state index in [1.54, 1.807) is 12.3 Å². The third-order valence-corrected chi connectivity index (χ3v) is 3.20. The molecule has 0 spiro atoms. The van der Waals surface area contributed by atoms with Crippen LogP contribution in [0.2, 0.25) is 0 Å². The fraction of sp³-hybridized carbons (Fsp3) is 0.364. The van der Waals surface area contributed by atoms with Gasteiger partial charge in [-0.15, -0.1) is 0 Å². The van der Waals surface area contributed by atoms with E-state index in [1.807, 2.05) is 19.1 Å². The molecule has 16 heavy (non-hydrogen) atoms. The van der Waals surface area contributed by atoms with Gasteiger partial charge in [-0.2, -0.15) is 17.0 Å². The predicted molar refractivity (Wildman–Crippen MR) is 62.0 cm³/mol. The van der Waals surface area contributed by atoms with E-state index in [-0.39, 0.29) is 11.7 Å². The van der Waals surface area contributed by atoms with Crippen molar-refractivity contribution in [2.75, 3.05) is 0 Å². The maximum absolute atomic E-state index is 10.5. The highest BCUT2D eigenvalue weighted by Gasteiger charge is 2.09. The SMILES string of the molecule is CC(CC(=O)O)SCc1cccnc1C#N. The number of hydrogen-bond acceptors (Lipinski definition) is 4. The van der Waals surface area contributed by atoms with Crippen LogP contribution in [0, 0.1) is 11.3 Å². The molecule has 1 atom stereocenters. The molecule has 0 aromatic carbocycles. The molecule has 1 heterocycles. The Morgan fingerprint density at radius 1 is 1.75 bits per heavy atom. The van der Waals surface area contributed by atoms with E-state index < -0.39 is 5.97 Å². The second-order valence-corrected chi connectivity index (χ2v) is 4.77. The topological polar surface area (TPSA) is 74.0 Å². The normalized spacial score (nSPS) is 11.8. The Labute approximate surface area is 98.3 Å². The van der Waals surface area contributed by atoms with Crippen molar-refractivity contribution in [2.24, 2.45) is 0 Å². The Morgan fingerprint density at radius 3 is 3.12 bits per heavy atom. The number of carbonyl (C=O) groups is 1. The summed E-state index contributed by atoms with van der Waals surface area (Å²) in [5.41, 5.74) is 1.27. The highest BCUT2D eigenvalue weighted by molar-refractivity contribution is 7.99. The largest absolute Gasteiger partial charge is 0.481 e. The molecular formula is C11H12N2O2S. The molecule has 0 saturated heterocycles. The predicted octanol–water partition coefficient (Wildman–Crippen LogP) is 2.05. The molecule has 1 aromatic heterocycles.